The monoisotopic (exact) mass is 444 g/mol. The third kappa shape index (κ3) is 6.02. The van der Waals surface area contributed by atoms with Gasteiger partial charge in [-0.2, -0.15) is 4.98 Å². The minimum atomic E-state index is -0.528. The highest BCUT2D eigenvalue weighted by Crippen LogP contribution is 2.26. The van der Waals surface area contributed by atoms with Crippen molar-refractivity contribution in [2.75, 3.05) is 43.1 Å². The average molecular weight is 445 g/mol. The number of hydrogen-bond acceptors (Lipinski definition) is 5. The number of nitrogens with one attached hydrogen (secondary N) is 3. The Hall–Kier alpha value is -2.97. The second-order valence-corrected chi connectivity index (χ2v) is 8.03. The normalized spacial score (nSPS) is 11.1. The van der Waals surface area contributed by atoms with Crippen LogP contribution in [0.15, 0.2) is 30.3 Å². The fourth-order valence-electron chi connectivity index (χ4n) is 3.06. The number of nitrogens with zero attached hydrogens (tertiary/aromatic N) is 3. The van der Waals surface area contributed by atoms with Gasteiger partial charge in [-0.25, -0.2) is 14.2 Å². The van der Waals surface area contributed by atoms with Gasteiger partial charge >= 0.3 is 6.03 Å². The molecule has 0 aliphatic heterocycles. The molecule has 31 heavy (non-hydrogen) atoms. The number of fused-ring (bicyclic) bond motifs is 1. The summed E-state index contributed by atoms with van der Waals surface area (Å²) < 4.78 is 14.3. The molecule has 3 aromatic rings. The number of amides is 2. The molecule has 164 valence electrons. The van der Waals surface area contributed by atoms with Gasteiger partial charge in [0.2, 0.25) is 5.95 Å². The van der Waals surface area contributed by atoms with E-state index < -0.39 is 11.8 Å². The van der Waals surface area contributed by atoms with Crippen molar-refractivity contribution in [1.82, 2.24) is 14.9 Å². The third-order valence-electron chi connectivity index (χ3n) is 4.69. The lowest BCUT2D eigenvalue weighted by atomic mass is 10.1. The number of hydrogen-bond donors (Lipinski definition) is 3. The predicted octanol–water partition coefficient (Wildman–Crippen LogP) is 5.05. The number of aromatic nitrogens is 2. The zero-order valence-electron chi connectivity index (χ0n) is 18.0. The van der Waals surface area contributed by atoms with Crippen LogP contribution in [0.1, 0.15) is 17.7 Å². The van der Waals surface area contributed by atoms with Crippen LogP contribution in [0, 0.1) is 19.7 Å². The van der Waals surface area contributed by atoms with Gasteiger partial charge in [-0.15, -0.1) is 0 Å². The lowest BCUT2D eigenvalue weighted by molar-refractivity contribution is 0.262. The van der Waals surface area contributed by atoms with Crippen molar-refractivity contribution in [2.24, 2.45) is 0 Å². The fourth-order valence-corrected chi connectivity index (χ4v) is 3.23. The standard InChI is InChI=1S/C22H26ClFN6O/c1-13-10-16-11-17(7-6-15(16)12-18(13)23)27-22(31)29-21-26-14(2)19(24)20(28-21)25-8-5-9-30(3)4/h6-7,10-12H,5,8-9H2,1-4H3,(H3,25,26,27,28,29,31). The highest BCUT2D eigenvalue weighted by molar-refractivity contribution is 6.32. The van der Waals surface area contributed by atoms with Crippen LogP contribution in [0.2, 0.25) is 5.02 Å². The number of anilines is 3. The number of aryl methyl sites for hydroxylation is 2. The summed E-state index contributed by atoms with van der Waals surface area (Å²) in [6.07, 6.45) is 0.825. The number of halogens is 2. The molecule has 1 aromatic heterocycles. The first-order chi connectivity index (χ1) is 14.7. The summed E-state index contributed by atoms with van der Waals surface area (Å²) in [5, 5.41) is 10.9. The number of benzene rings is 2. The zero-order valence-corrected chi connectivity index (χ0v) is 18.8. The Balaban J connectivity index is 1.68. The molecule has 0 fully saturated rings. The van der Waals surface area contributed by atoms with E-state index >= 15 is 0 Å². The molecule has 0 saturated carbocycles. The SMILES string of the molecule is Cc1cc2cc(NC(=O)Nc3nc(C)c(F)c(NCCCN(C)C)n3)ccc2cc1Cl. The summed E-state index contributed by atoms with van der Waals surface area (Å²) in [5.74, 6) is -0.436. The molecule has 0 aliphatic rings. The molecule has 9 heteroatoms. The van der Waals surface area contributed by atoms with E-state index in [9.17, 15) is 9.18 Å². The molecule has 3 N–H and O–H groups in total. The molecule has 1 heterocycles. The second-order valence-electron chi connectivity index (χ2n) is 7.62. The lowest BCUT2D eigenvalue weighted by Crippen LogP contribution is -2.22. The van der Waals surface area contributed by atoms with Gasteiger partial charge in [-0.05, 0) is 81.5 Å². The van der Waals surface area contributed by atoms with Gasteiger partial charge in [0.15, 0.2) is 11.6 Å². The second kappa shape index (κ2) is 9.89. The average Bonchev–Trinajstić information content (AvgIpc) is 2.69. The maximum atomic E-state index is 14.3. The van der Waals surface area contributed by atoms with E-state index in [0.717, 1.165) is 29.3 Å². The summed E-state index contributed by atoms with van der Waals surface area (Å²) in [6, 6.07) is 8.84. The Labute approximate surface area is 186 Å². The predicted molar refractivity (Wildman–Crippen MR) is 125 cm³/mol. The summed E-state index contributed by atoms with van der Waals surface area (Å²) in [5.41, 5.74) is 1.71. The van der Waals surface area contributed by atoms with E-state index in [-0.39, 0.29) is 17.5 Å². The maximum Gasteiger partial charge on any atom is 0.326 e. The Bertz CT molecular complexity index is 1110. The molecule has 0 aliphatic carbocycles. The van der Waals surface area contributed by atoms with Crippen molar-refractivity contribution < 1.29 is 9.18 Å². The van der Waals surface area contributed by atoms with Gasteiger partial charge in [0.25, 0.3) is 0 Å². The molecular weight excluding hydrogens is 419 g/mol. The van der Waals surface area contributed by atoms with Crippen LogP contribution < -0.4 is 16.0 Å². The van der Waals surface area contributed by atoms with Gasteiger partial charge in [0.05, 0.1) is 5.69 Å². The van der Waals surface area contributed by atoms with Crippen molar-refractivity contribution in [3.8, 4) is 0 Å². The van der Waals surface area contributed by atoms with Crippen molar-refractivity contribution in [2.45, 2.75) is 20.3 Å². The summed E-state index contributed by atoms with van der Waals surface area (Å²) in [6.45, 7) is 4.87. The number of carbonyl (C=O) groups is 1. The van der Waals surface area contributed by atoms with E-state index in [1.807, 2.05) is 50.2 Å². The first-order valence-corrected chi connectivity index (χ1v) is 10.3. The Morgan fingerprint density at radius 3 is 2.61 bits per heavy atom. The quantitative estimate of drug-likeness (QED) is 0.444. The summed E-state index contributed by atoms with van der Waals surface area (Å²) in [7, 11) is 3.95. The minimum absolute atomic E-state index is 0.0231. The Morgan fingerprint density at radius 1 is 1.10 bits per heavy atom. The van der Waals surface area contributed by atoms with Crippen LogP contribution in [0.25, 0.3) is 10.8 Å². The van der Waals surface area contributed by atoms with Crippen LogP contribution in [-0.2, 0) is 0 Å². The smallest absolute Gasteiger partial charge is 0.326 e. The molecule has 0 radical (unpaired) electrons. The fraction of sp³-hybridized carbons (Fsp3) is 0.318. The Kier molecular flexibility index (Phi) is 7.25. The molecule has 0 saturated heterocycles. The molecular formula is C22H26ClFN6O. The van der Waals surface area contributed by atoms with Crippen LogP contribution in [-0.4, -0.2) is 48.1 Å². The van der Waals surface area contributed by atoms with E-state index in [0.29, 0.717) is 17.3 Å². The number of rotatable bonds is 7. The summed E-state index contributed by atoms with van der Waals surface area (Å²) >= 11 is 6.16. The van der Waals surface area contributed by atoms with Crippen LogP contribution >= 0.6 is 11.6 Å². The van der Waals surface area contributed by atoms with E-state index in [1.165, 1.54) is 6.92 Å². The van der Waals surface area contributed by atoms with Gasteiger partial charge in [0.1, 0.15) is 0 Å². The van der Waals surface area contributed by atoms with Gasteiger partial charge in [-0.1, -0.05) is 17.7 Å². The van der Waals surface area contributed by atoms with Crippen molar-refractivity contribution in [3.63, 3.8) is 0 Å². The molecule has 2 amide bonds. The Morgan fingerprint density at radius 2 is 1.87 bits per heavy atom. The van der Waals surface area contributed by atoms with E-state index in [2.05, 4.69) is 25.9 Å². The van der Waals surface area contributed by atoms with Crippen molar-refractivity contribution >= 4 is 45.9 Å². The molecule has 0 unspecified atom stereocenters. The third-order valence-corrected chi connectivity index (χ3v) is 5.10. The molecule has 0 bridgehead atoms. The van der Waals surface area contributed by atoms with Crippen LogP contribution in [0.3, 0.4) is 0 Å². The first kappa shape index (κ1) is 22.7. The highest BCUT2D eigenvalue weighted by atomic mass is 35.5. The molecule has 7 nitrogen and oxygen atoms in total. The molecule has 0 spiro atoms. The molecule has 3 rings (SSSR count). The first-order valence-electron chi connectivity index (χ1n) is 9.93. The maximum absolute atomic E-state index is 14.3. The molecule has 2 aromatic carbocycles. The van der Waals surface area contributed by atoms with Gasteiger partial charge in [0, 0.05) is 17.3 Å². The minimum Gasteiger partial charge on any atom is -0.367 e. The summed E-state index contributed by atoms with van der Waals surface area (Å²) in [4.78, 5) is 22.6. The lowest BCUT2D eigenvalue weighted by Gasteiger charge is -2.13. The van der Waals surface area contributed by atoms with Crippen LogP contribution in [0.5, 0.6) is 0 Å². The van der Waals surface area contributed by atoms with Gasteiger partial charge in [-0.3, -0.25) is 5.32 Å². The van der Waals surface area contributed by atoms with E-state index in [1.54, 1.807) is 6.07 Å². The zero-order chi connectivity index (χ0) is 22.5. The highest BCUT2D eigenvalue weighted by Gasteiger charge is 2.13. The van der Waals surface area contributed by atoms with E-state index in [4.69, 9.17) is 11.6 Å². The van der Waals surface area contributed by atoms with Crippen LogP contribution in [0.4, 0.5) is 26.6 Å². The molecule has 0 atom stereocenters. The number of urea groups is 1. The van der Waals surface area contributed by atoms with Gasteiger partial charge < -0.3 is 15.5 Å². The topological polar surface area (TPSA) is 82.2 Å². The number of carbonyl (C=O) groups excluding carboxylic acids is 1. The largest absolute Gasteiger partial charge is 0.367 e. The van der Waals surface area contributed by atoms with Crippen molar-refractivity contribution in [1.29, 1.82) is 0 Å². The van der Waals surface area contributed by atoms with Crippen molar-refractivity contribution in [3.05, 3.63) is 52.4 Å².